The van der Waals surface area contributed by atoms with Gasteiger partial charge in [-0.2, -0.15) is 0 Å². The standard InChI is InChI=1S/C16H22N2S/c1-2-12-7-9-13(10-8-12)11-18-15-6-4-3-5-14(15)17-16(18)19/h3-6,12-13H,2,7-11H2,1H3,(H,17,19). The number of para-hydroxylation sites is 2. The number of rotatable bonds is 3. The predicted molar refractivity (Wildman–Crippen MR) is 82.9 cm³/mol. The van der Waals surface area contributed by atoms with Crippen LogP contribution < -0.4 is 0 Å². The third kappa shape index (κ3) is 2.62. The molecular formula is C16H22N2S. The first-order valence-corrected chi connectivity index (χ1v) is 7.86. The second-order valence-corrected chi connectivity index (χ2v) is 6.24. The van der Waals surface area contributed by atoms with Crippen LogP contribution >= 0.6 is 12.2 Å². The lowest BCUT2D eigenvalue weighted by Crippen LogP contribution is -2.18. The van der Waals surface area contributed by atoms with Gasteiger partial charge in [-0.3, -0.25) is 0 Å². The summed E-state index contributed by atoms with van der Waals surface area (Å²) in [7, 11) is 0. The van der Waals surface area contributed by atoms with Gasteiger partial charge < -0.3 is 9.55 Å². The molecule has 1 saturated carbocycles. The predicted octanol–water partition coefficient (Wildman–Crippen LogP) is 4.92. The van der Waals surface area contributed by atoms with Crippen LogP contribution in [0.1, 0.15) is 39.0 Å². The lowest BCUT2D eigenvalue weighted by Gasteiger charge is -2.28. The van der Waals surface area contributed by atoms with Crippen LogP contribution in [0.25, 0.3) is 11.0 Å². The van der Waals surface area contributed by atoms with Crippen molar-refractivity contribution in [3.8, 4) is 0 Å². The summed E-state index contributed by atoms with van der Waals surface area (Å²) in [6.07, 6.45) is 6.87. The fraction of sp³-hybridized carbons (Fsp3) is 0.562. The number of nitrogens with one attached hydrogen (secondary N) is 1. The Morgan fingerprint density at radius 2 is 1.84 bits per heavy atom. The van der Waals surface area contributed by atoms with Gasteiger partial charge in [-0.25, -0.2) is 0 Å². The number of imidazole rings is 1. The first-order chi connectivity index (χ1) is 9.28. The molecule has 3 heteroatoms. The van der Waals surface area contributed by atoms with E-state index in [1.165, 1.54) is 37.6 Å². The molecule has 0 unspecified atom stereocenters. The molecular weight excluding hydrogens is 252 g/mol. The zero-order valence-electron chi connectivity index (χ0n) is 11.6. The van der Waals surface area contributed by atoms with E-state index in [4.69, 9.17) is 12.2 Å². The van der Waals surface area contributed by atoms with Crippen LogP contribution in [0.5, 0.6) is 0 Å². The van der Waals surface area contributed by atoms with Gasteiger partial charge in [0.1, 0.15) is 0 Å². The number of aromatic amines is 1. The summed E-state index contributed by atoms with van der Waals surface area (Å²) >= 11 is 5.47. The minimum Gasteiger partial charge on any atom is -0.331 e. The van der Waals surface area contributed by atoms with E-state index in [1.54, 1.807) is 0 Å². The highest BCUT2D eigenvalue weighted by molar-refractivity contribution is 7.71. The maximum atomic E-state index is 5.47. The summed E-state index contributed by atoms with van der Waals surface area (Å²) in [6, 6.07) is 8.43. The lowest BCUT2D eigenvalue weighted by atomic mass is 9.81. The number of H-pyrrole nitrogens is 1. The van der Waals surface area contributed by atoms with Crippen molar-refractivity contribution < 1.29 is 0 Å². The summed E-state index contributed by atoms with van der Waals surface area (Å²) in [4.78, 5) is 3.31. The molecule has 1 fully saturated rings. The van der Waals surface area contributed by atoms with Crippen molar-refractivity contribution in [3.63, 3.8) is 0 Å². The molecule has 0 saturated heterocycles. The average molecular weight is 274 g/mol. The highest BCUT2D eigenvalue weighted by Gasteiger charge is 2.21. The Hall–Kier alpha value is -1.09. The van der Waals surface area contributed by atoms with E-state index < -0.39 is 0 Å². The molecule has 102 valence electrons. The van der Waals surface area contributed by atoms with Crippen molar-refractivity contribution in [2.45, 2.75) is 45.6 Å². The third-order valence-electron chi connectivity index (χ3n) is 4.67. The van der Waals surface area contributed by atoms with E-state index in [0.717, 1.165) is 28.7 Å². The van der Waals surface area contributed by atoms with Gasteiger partial charge in [0.05, 0.1) is 11.0 Å². The third-order valence-corrected chi connectivity index (χ3v) is 4.99. The molecule has 1 aliphatic rings. The number of fused-ring (bicyclic) bond motifs is 1. The molecule has 1 aromatic heterocycles. The van der Waals surface area contributed by atoms with Crippen LogP contribution in [0.4, 0.5) is 0 Å². The molecule has 3 rings (SSSR count). The van der Waals surface area contributed by atoms with Crippen LogP contribution in [0.2, 0.25) is 0 Å². The smallest absolute Gasteiger partial charge is 0.178 e. The molecule has 1 aromatic carbocycles. The van der Waals surface area contributed by atoms with Gasteiger partial charge in [0.2, 0.25) is 0 Å². The second-order valence-electron chi connectivity index (χ2n) is 5.85. The summed E-state index contributed by atoms with van der Waals surface area (Å²) in [5.74, 6) is 1.76. The number of hydrogen-bond donors (Lipinski definition) is 1. The highest BCUT2D eigenvalue weighted by atomic mass is 32.1. The van der Waals surface area contributed by atoms with Crippen molar-refractivity contribution in [3.05, 3.63) is 29.0 Å². The number of hydrogen-bond acceptors (Lipinski definition) is 1. The van der Waals surface area contributed by atoms with Crippen molar-refractivity contribution in [2.24, 2.45) is 11.8 Å². The van der Waals surface area contributed by atoms with Crippen LogP contribution in [-0.4, -0.2) is 9.55 Å². The van der Waals surface area contributed by atoms with Gasteiger partial charge in [-0.05, 0) is 49.0 Å². The first kappa shape index (κ1) is 12.9. The van der Waals surface area contributed by atoms with Crippen LogP contribution in [0, 0.1) is 16.6 Å². The van der Waals surface area contributed by atoms with Gasteiger partial charge >= 0.3 is 0 Å². The molecule has 0 spiro atoms. The molecule has 1 aliphatic carbocycles. The Labute approximate surface area is 119 Å². The first-order valence-electron chi connectivity index (χ1n) is 7.45. The van der Waals surface area contributed by atoms with Crippen molar-refractivity contribution in [1.29, 1.82) is 0 Å². The molecule has 19 heavy (non-hydrogen) atoms. The number of nitrogens with zero attached hydrogens (tertiary/aromatic N) is 1. The van der Waals surface area contributed by atoms with E-state index >= 15 is 0 Å². The molecule has 0 bridgehead atoms. The molecule has 2 nitrogen and oxygen atoms in total. The van der Waals surface area contributed by atoms with E-state index in [-0.39, 0.29) is 0 Å². The summed E-state index contributed by atoms with van der Waals surface area (Å²) in [6.45, 7) is 3.40. The van der Waals surface area contributed by atoms with E-state index in [9.17, 15) is 0 Å². The number of aromatic nitrogens is 2. The monoisotopic (exact) mass is 274 g/mol. The molecule has 0 amide bonds. The lowest BCUT2D eigenvalue weighted by molar-refractivity contribution is 0.248. The van der Waals surface area contributed by atoms with Gasteiger partial charge in [0.25, 0.3) is 0 Å². The average Bonchev–Trinajstić information content (AvgIpc) is 2.76. The SMILES string of the molecule is CCC1CCC(Cn2c(=S)[nH]c3ccccc32)CC1. The molecule has 2 aromatic rings. The Morgan fingerprint density at radius 1 is 1.16 bits per heavy atom. The maximum absolute atomic E-state index is 5.47. The zero-order valence-corrected chi connectivity index (χ0v) is 12.4. The molecule has 1 N–H and O–H groups in total. The Balaban J connectivity index is 1.79. The summed E-state index contributed by atoms with van der Waals surface area (Å²) in [5, 5.41) is 0. The molecule has 0 radical (unpaired) electrons. The zero-order chi connectivity index (χ0) is 13.2. The Morgan fingerprint density at radius 3 is 2.58 bits per heavy atom. The fourth-order valence-electron chi connectivity index (χ4n) is 3.37. The van der Waals surface area contributed by atoms with Crippen LogP contribution in [0.3, 0.4) is 0 Å². The van der Waals surface area contributed by atoms with E-state index in [2.05, 4.69) is 40.7 Å². The van der Waals surface area contributed by atoms with Gasteiger partial charge in [-0.1, -0.05) is 38.3 Å². The quantitative estimate of drug-likeness (QED) is 0.788. The highest BCUT2D eigenvalue weighted by Crippen LogP contribution is 2.32. The van der Waals surface area contributed by atoms with Crippen LogP contribution in [-0.2, 0) is 6.54 Å². The van der Waals surface area contributed by atoms with Crippen LogP contribution in [0.15, 0.2) is 24.3 Å². The minimum absolute atomic E-state index is 0.800. The summed E-state index contributed by atoms with van der Waals surface area (Å²) in [5.41, 5.74) is 2.42. The molecule has 0 atom stereocenters. The second kappa shape index (κ2) is 5.49. The molecule has 1 heterocycles. The minimum atomic E-state index is 0.800. The van der Waals surface area contributed by atoms with Crippen molar-refractivity contribution >= 4 is 23.3 Å². The largest absolute Gasteiger partial charge is 0.331 e. The van der Waals surface area contributed by atoms with Gasteiger partial charge in [-0.15, -0.1) is 0 Å². The number of benzene rings is 1. The summed E-state index contributed by atoms with van der Waals surface area (Å²) < 4.78 is 3.17. The Bertz CT molecular complexity index is 602. The topological polar surface area (TPSA) is 20.7 Å². The van der Waals surface area contributed by atoms with E-state index in [1.807, 2.05) is 0 Å². The molecule has 0 aliphatic heterocycles. The van der Waals surface area contributed by atoms with Gasteiger partial charge in [0, 0.05) is 6.54 Å². The van der Waals surface area contributed by atoms with Crippen molar-refractivity contribution in [1.82, 2.24) is 9.55 Å². The van der Waals surface area contributed by atoms with E-state index in [0.29, 0.717) is 0 Å². The fourth-order valence-corrected chi connectivity index (χ4v) is 3.65. The normalized spacial score (nSPS) is 23.8. The maximum Gasteiger partial charge on any atom is 0.178 e. The van der Waals surface area contributed by atoms with Gasteiger partial charge in [0.15, 0.2) is 4.77 Å². The Kier molecular flexibility index (Phi) is 3.74. The van der Waals surface area contributed by atoms with Crippen molar-refractivity contribution in [2.75, 3.05) is 0 Å².